The monoisotopic (exact) mass is 248 g/mol. The highest BCUT2D eigenvalue weighted by Crippen LogP contribution is 2.42. The molecule has 0 spiro atoms. The first kappa shape index (κ1) is 11.6. The van der Waals surface area contributed by atoms with Gasteiger partial charge in [0.25, 0.3) is 0 Å². The molecule has 0 bridgehead atoms. The van der Waals surface area contributed by atoms with Crippen LogP contribution in [0.4, 0.5) is 0 Å². The SMILES string of the molecule is N#CC1=C(c2ccccc2)C2=C(CCC2)C(=N)C1=O. The zero-order valence-corrected chi connectivity index (χ0v) is 10.4. The van der Waals surface area contributed by atoms with Crippen molar-refractivity contribution in [1.82, 2.24) is 0 Å². The van der Waals surface area contributed by atoms with Gasteiger partial charge in [-0.15, -0.1) is 0 Å². The van der Waals surface area contributed by atoms with Gasteiger partial charge >= 0.3 is 0 Å². The average Bonchev–Trinajstić information content (AvgIpc) is 2.92. The van der Waals surface area contributed by atoms with Crippen LogP contribution in [0.15, 0.2) is 47.1 Å². The summed E-state index contributed by atoms with van der Waals surface area (Å²) in [5, 5.41) is 17.2. The topological polar surface area (TPSA) is 64.7 Å². The van der Waals surface area contributed by atoms with Crippen molar-refractivity contribution in [2.45, 2.75) is 19.3 Å². The van der Waals surface area contributed by atoms with Gasteiger partial charge in [-0.2, -0.15) is 5.26 Å². The molecule has 0 saturated carbocycles. The highest BCUT2D eigenvalue weighted by atomic mass is 16.1. The lowest BCUT2D eigenvalue weighted by molar-refractivity contribution is -0.109. The number of allylic oxidation sites excluding steroid dienone is 4. The molecule has 3 heteroatoms. The summed E-state index contributed by atoms with van der Waals surface area (Å²) < 4.78 is 0. The molecule has 1 aromatic rings. The maximum atomic E-state index is 12.1. The third-order valence-electron chi connectivity index (χ3n) is 3.70. The molecule has 2 aliphatic rings. The molecule has 19 heavy (non-hydrogen) atoms. The number of Topliss-reactive ketones (excluding diaryl/α,β-unsaturated/α-hetero) is 1. The Hall–Kier alpha value is -2.47. The van der Waals surface area contributed by atoms with E-state index in [4.69, 9.17) is 5.41 Å². The van der Waals surface area contributed by atoms with Crippen LogP contribution >= 0.6 is 0 Å². The van der Waals surface area contributed by atoms with Crippen LogP contribution in [0, 0.1) is 16.7 Å². The minimum Gasteiger partial charge on any atom is -0.297 e. The zero-order chi connectivity index (χ0) is 13.4. The molecule has 3 rings (SSSR count). The van der Waals surface area contributed by atoms with Crippen LogP contribution in [0.25, 0.3) is 5.57 Å². The lowest BCUT2D eigenvalue weighted by Gasteiger charge is -2.19. The Labute approximate surface area is 111 Å². The largest absolute Gasteiger partial charge is 0.297 e. The van der Waals surface area contributed by atoms with Gasteiger partial charge in [-0.1, -0.05) is 30.3 Å². The normalized spacial score (nSPS) is 18.7. The fourth-order valence-electron chi connectivity index (χ4n) is 2.85. The highest BCUT2D eigenvalue weighted by molar-refractivity contribution is 6.54. The van der Waals surface area contributed by atoms with Crippen molar-refractivity contribution in [2.75, 3.05) is 0 Å². The maximum Gasteiger partial charge on any atom is 0.222 e. The molecule has 3 nitrogen and oxygen atoms in total. The first-order valence-corrected chi connectivity index (χ1v) is 6.30. The maximum absolute atomic E-state index is 12.1. The van der Waals surface area contributed by atoms with Gasteiger partial charge in [0.05, 0.1) is 0 Å². The standard InChI is InChI=1S/C16H12N2O/c17-9-13-14(10-5-2-1-3-6-10)11-7-4-8-12(11)15(18)16(13)19/h1-3,5-6,18H,4,7-8H2. The van der Waals surface area contributed by atoms with Crippen molar-refractivity contribution in [3.8, 4) is 6.07 Å². The molecule has 0 saturated heterocycles. The molecule has 1 aromatic carbocycles. The van der Waals surface area contributed by atoms with Gasteiger partial charge in [0.2, 0.25) is 5.78 Å². The molecule has 0 fully saturated rings. The Morgan fingerprint density at radius 3 is 2.47 bits per heavy atom. The second-order valence-corrected chi connectivity index (χ2v) is 4.74. The van der Waals surface area contributed by atoms with Crippen molar-refractivity contribution in [3.05, 3.63) is 52.6 Å². The minimum absolute atomic E-state index is 0.0173. The summed E-state index contributed by atoms with van der Waals surface area (Å²) in [7, 11) is 0. The first-order valence-electron chi connectivity index (χ1n) is 6.30. The summed E-state index contributed by atoms with van der Waals surface area (Å²) in [5.74, 6) is -0.429. The second-order valence-electron chi connectivity index (χ2n) is 4.74. The van der Waals surface area contributed by atoms with E-state index in [0.717, 1.165) is 41.5 Å². The molecule has 0 radical (unpaired) electrons. The fourth-order valence-corrected chi connectivity index (χ4v) is 2.85. The number of nitrogens with one attached hydrogen (secondary N) is 1. The van der Waals surface area contributed by atoms with E-state index in [1.54, 1.807) is 0 Å². The quantitative estimate of drug-likeness (QED) is 0.776. The van der Waals surface area contributed by atoms with E-state index < -0.39 is 5.78 Å². The summed E-state index contributed by atoms with van der Waals surface area (Å²) in [6.45, 7) is 0. The molecule has 0 atom stereocenters. The Morgan fingerprint density at radius 1 is 1.11 bits per heavy atom. The third kappa shape index (κ3) is 1.65. The van der Waals surface area contributed by atoms with Crippen LogP contribution < -0.4 is 0 Å². The van der Waals surface area contributed by atoms with Gasteiger partial charge in [-0.05, 0) is 36.0 Å². The average molecular weight is 248 g/mol. The molecule has 0 amide bonds. The second kappa shape index (κ2) is 4.33. The summed E-state index contributed by atoms with van der Waals surface area (Å²) in [6.07, 6.45) is 2.57. The highest BCUT2D eigenvalue weighted by Gasteiger charge is 2.34. The Bertz CT molecular complexity index is 687. The van der Waals surface area contributed by atoms with Gasteiger partial charge in [-0.3, -0.25) is 10.2 Å². The molecule has 0 aliphatic heterocycles. The lowest BCUT2D eigenvalue weighted by atomic mass is 9.82. The van der Waals surface area contributed by atoms with E-state index in [1.807, 2.05) is 36.4 Å². The predicted molar refractivity (Wildman–Crippen MR) is 72.6 cm³/mol. The van der Waals surface area contributed by atoms with Gasteiger partial charge in [0.1, 0.15) is 17.4 Å². The Balaban J connectivity index is 2.29. The molecule has 0 heterocycles. The van der Waals surface area contributed by atoms with Gasteiger partial charge in [0.15, 0.2) is 0 Å². The number of carbonyl (C=O) groups is 1. The Morgan fingerprint density at radius 2 is 1.79 bits per heavy atom. The summed E-state index contributed by atoms with van der Waals surface area (Å²) in [4.78, 5) is 12.1. The third-order valence-corrected chi connectivity index (χ3v) is 3.70. The van der Waals surface area contributed by atoms with Gasteiger partial charge in [-0.25, -0.2) is 0 Å². The number of benzene rings is 1. The number of ketones is 1. The van der Waals surface area contributed by atoms with E-state index in [-0.39, 0.29) is 11.3 Å². The molecule has 92 valence electrons. The molecule has 1 N–H and O–H groups in total. The molecule has 0 unspecified atom stereocenters. The zero-order valence-electron chi connectivity index (χ0n) is 10.4. The fraction of sp³-hybridized carbons (Fsp3) is 0.188. The van der Waals surface area contributed by atoms with E-state index in [0.29, 0.717) is 0 Å². The van der Waals surface area contributed by atoms with Crippen LogP contribution in [0.3, 0.4) is 0 Å². The van der Waals surface area contributed by atoms with Gasteiger partial charge < -0.3 is 0 Å². The van der Waals surface area contributed by atoms with Crippen LogP contribution in [0.1, 0.15) is 24.8 Å². The van der Waals surface area contributed by atoms with Crippen LogP contribution in [0.2, 0.25) is 0 Å². The van der Waals surface area contributed by atoms with Crippen LogP contribution in [0.5, 0.6) is 0 Å². The van der Waals surface area contributed by atoms with Crippen molar-refractivity contribution in [2.24, 2.45) is 0 Å². The van der Waals surface area contributed by atoms with E-state index in [2.05, 4.69) is 0 Å². The van der Waals surface area contributed by atoms with Gasteiger partial charge in [0, 0.05) is 5.57 Å². The number of nitrogens with zero attached hydrogens (tertiary/aromatic N) is 1. The van der Waals surface area contributed by atoms with Crippen LogP contribution in [-0.2, 0) is 4.79 Å². The van der Waals surface area contributed by atoms with Crippen molar-refractivity contribution in [3.63, 3.8) is 0 Å². The number of carbonyl (C=O) groups excluding carboxylic acids is 1. The summed E-state index contributed by atoms with van der Waals surface area (Å²) >= 11 is 0. The van der Waals surface area contributed by atoms with E-state index in [1.165, 1.54) is 0 Å². The Kier molecular flexibility index (Phi) is 2.64. The summed E-state index contributed by atoms with van der Waals surface area (Å²) in [6, 6.07) is 11.5. The number of rotatable bonds is 1. The smallest absolute Gasteiger partial charge is 0.222 e. The van der Waals surface area contributed by atoms with Crippen molar-refractivity contribution >= 4 is 17.1 Å². The molecule has 0 aromatic heterocycles. The van der Waals surface area contributed by atoms with E-state index in [9.17, 15) is 10.1 Å². The number of nitriles is 1. The predicted octanol–water partition coefficient (Wildman–Crippen LogP) is 3.05. The summed E-state index contributed by atoms with van der Waals surface area (Å²) in [5.41, 5.74) is 3.64. The first-order chi connectivity index (χ1) is 9.24. The van der Waals surface area contributed by atoms with Crippen LogP contribution in [-0.4, -0.2) is 11.5 Å². The molecular formula is C16H12N2O. The number of hydrogen-bond donors (Lipinski definition) is 1. The lowest BCUT2D eigenvalue weighted by Crippen LogP contribution is -2.23. The van der Waals surface area contributed by atoms with Crippen molar-refractivity contribution < 1.29 is 4.79 Å². The molecule has 2 aliphatic carbocycles. The minimum atomic E-state index is -0.429. The van der Waals surface area contributed by atoms with Crippen molar-refractivity contribution in [1.29, 1.82) is 10.7 Å². The van der Waals surface area contributed by atoms with E-state index >= 15 is 0 Å². The molecular weight excluding hydrogens is 236 g/mol. The number of hydrogen-bond acceptors (Lipinski definition) is 3.